The average Bonchev–Trinajstić information content (AvgIpc) is 2.92. The minimum Gasteiger partial charge on any atom is -0.463 e. The number of nitrogens with one attached hydrogen (secondary N) is 1. The van der Waals surface area contributed by atoms with Gasteiger partial charge in [-0.05, 0) is 59.9 Å². The van der Waals surface area contributed by atoms with Crippen molar-refractivity contribution in [3.8, 4) is 6.07 Å². The predicted octanol–water partition coefficient (Wildman–Crippen LogP) is 2.81. The van der Waals surface area contributed by atoms with Crippen LogP contribution in [0.25, 0.3) is 16.8 Å². The fourth-order valence-electron chi connectivity index (χ4n) is 4.04. The first-order chi connectivity index (χ1) is 18.1. The van der Waals surface area contributed by atoms with Crippen LogP contribution >= 0.6 is 0 Å². The first-order valence-electron chi connectivity index (χ1n) is 12.7. The van der Waals surface area contributed by atoms with Crippen molar-refractivity contribution in [1.29, 1.82) is 5.26 Å². The lowest BCUT2D eigenvalue weighted by Crippen LogP contribution is -2.29. The zero-order valence-corrected chi connectivity index (χ0v) is 21.1. The Bertz CT molecular complexity index is 1100. The molecular formula is C28H35N3O6. The minimum absolute atomic E-state index is 0.0283. The van der Waals surface area contributed by atoms with E-state index in [4.69, 9.17) is 19.3 Å². The highest BCUT2D eigenvalue weighted by Gasteiger charge is 2.12. The number of benzene rings is 2. The predicted molar refractivity (Wildman–Crippen MR) is 141 cm³/mol. The highest BCUT2D eigenvalue weighted by atomic mass is 16.6. The summed E-state index contributed by atoms with van der Waals surface area (Å²) < 4.78 is 15.5. The van der Waals surface area contributed by atoms with Crippen molar-refractivity contribution in [3.05, 3.63) is 47.5 Å². The molecule has 1 aliphatic heterocycles. The van der Waals surface area contributed by atoms with Gasteiger partial charge in [-0.2, -0.15) is 5.26 Å². The molecule has 198 valence electrons. The van der Waals surface area contributed by atoms with Gasteiger partial charge in [0.2, 0.25) is 0 Å². The molecule has 3 rings (SSSR count). The Morgan fingerprint density at radius 2 is 1.68 bits per heavy atom. The highest BCUT2D eigenvalue weighted by molar-refractivity contribution is 6.02. The molecule has 2 aromatic rings. The van der Waals surface area contributed by atoms with E-state index >= 15 is 0 Å². The first kappa shape index (κ1) is 28.1. The molecule has 1 fully saturated rings. The number of fused-ring (bicyclic) bond motifs is 1. The van der Waals surface area contributed by atoms with E-state index in [1.165, 1.54) is 24.9 Å². The quantitative estimate of drug-likeness (QED) is 0.173. The van der Waals surface area contributed by atoms with Gasteiger partial charge in [0.15, 0.2) is 0 Å². The van der Waals surface area contributed by atoms with Crippen LogP contribution in [0.15, 0.2) is 42.0 Å². The molecule has 0 unspecified atom stereocenters. The summed E-state index contributed by atoms with van der Waals surface area (Å²) in [7, 11) is 0. The summed E-state index contributed by atoms with van der Waals surface area (Å²) in [4.78, 5) is 25.9. The summed E-state index contributed by atoms with van der Waals surface area (Å²) in [5, 5.41) is 23.0. The number of carbonyl (C=O) groups is 2. The van der Waals surface area contributed by atoms with Crippen molar-refractivity contribution in [2.75, 3.05) is 64.2 Å². The van der Waals surface area contributed by atoms with Crippen LogP contribution in [0.3, 0.4) is 0 Å². The van der Waals surface area contributed by atoms with Gasteiger partial charge in [0.25, 0.3) is 5.91 Å². The number of hydrogen-bond donors (Lipinski definition) is 2. The smallest absolute Gasteiger partial charge is 0.308 e. The largest absolute Gasteiger partial charge is 0.463 e. The van der Waals surface area contributed by atoms with Crippen LogP contribution in [0.2, 0.25) is 0 Å². The molecule has 2 N–H and O–H groups in total. The Morgan fingerprint density at radius 3 is 2.43 bits per heavy atom. The summed E-state index contributed by atoms with van der Waals surface area (Å²) >= 11 is 0. The number of nitrogens with zero attached hydrogens (tertiary/aromatic N) is 2. The van der Waals surface area contributed by atoms with Crippen molar-refractivity contribution >= 4 is 34.4 Å². The van der Waals surface area contributed by atoms with Gasteiger partial charge in [0, 0.05) is 25.3 Å². The molecule has 1 saturated heterocycles. The zero-order valence-electron chi connectivity index (χ0n) is 21.1. The molecular weight excluding hydrogens is 474 g/mol. The molecule has 1 aliphatic rings. The second-order valence-electron chi connectivity index (χ2n) is 8.68. The van der Waals surface area contributed by atoms with E-state index in [0.29, 0.717) is 13.2 Å². The summed E-state index contributed by atoms with van der Waals surface area (Å²) in [5.74, 6) is -0.918. The molecule has 0 saturated carbocycles. The number of piperidine rings is 1. The Morgan fingerprint density at radius 1 is 0.973 bits per heavy atom. The standard InChI is InChI=1S/C28H35N3O6/c29-21-25(28(34)30-9-13-35-14-15-36-16-17-37-27(33)8-12-32)19-22-4-5-24-20-26(7-6-23(24)18-22)31-10-2-1-3-11-31/h4-7,18-20,32H,1-3,8-17H2,(H,30,34)/b25-19+. The van der Waals surface area contributed by atoms with Crippen LogP contribution in [-0.4, -0.2) is 76.3 Å². The third-order valence-electron chi connectivity index (χ3n) is 5.96. The second kappa shape index (κ2) is 15.6. The van der Waals surface area contributed by atoms with Crippen molar-refractivity contribution in [3.63, 3.8) is 0 Å². The average molecular weight is 510 g/mol. The number of aliphatic hydroxyl groups is 1. The Labute approximate surface area is 217 Å². The van der Waals surface area contributed by atoms with Gasteiger partial charge in [-0.1, -0.05) is 18.2 Å². The lowest BCUT2D eigenvalue weighted by molar-refractivity contribution is -0.146. The number of nitriles is 1. The van der Waals surface area contributed by atoms with Crippen molar-refractivity contribution in [2.45, 2.75) is 25.7 Å². The van der Waals surface area contributed by atoms with Crippen LogP contribution in [-0.2, 0) is 23.8 Å². The molecule has 1 amide bonds. The summed E-state index contributed by atoms with van der Waals surface area (Å²) in [6.07, 6.45) is 5.32. The van der Waals surface area contributed by atoms with Crippen molar-refractivity contribution in [1.82, 2.24) is 5.32 Å². The molecule has 0 spiro atoms. The highest BCUT2D eigenvalue weighted by Crippen LogP contribution is 2.26. The molecule has 9 heteroatoms. The Kier molecular flexibility index (Phi) is 11.9. The Balaban J connectivity index is 1.39. The van der Waals surface area contributed by atoms with Gasteiger partial charge in [0.05, 0.1) is 39.5 Å². The third kappa shape index (κ3) is 9.50. The molecule has 2 aromatic carbocycles. The van der Waals surface area contributed by atoms with Crippen LogP contribution in [0.4, 0.5) is 5.69 Å². The maximum absolute atomic E-state index is 12.4. The fraction of sp³-hybridized carbons (Fsp3) is 0.464. The van der Waals surface area contributed by atoms with E-state index in [1.54, 1.807) is 6.08 Å². The molecule has 0 radical (unpaired) electrons. The van der Waals surface area contributed by atoms with Gasteiger partial charge in [-0.15, -0.1) is 0 Å². The minimum atomic E-state index is -0.466. The second-order valence-corrected chi connectivity index (χ2v) is 8.68. The Hall–Kier alpha value is -3.45. The lowest BCUT2D eigenvalue weighted by Gasteiger charge is -2.29. The van der Waals surface area contributed by atoms with Crippen LogP contribution in [0.1, 0.15) is 31.2 Å². The topological polar surface area (TPSA) is 121 Å². The fourth-order valence-corrected chi connectivity index (χ4v) is 4.04. The number of anilines is 1. The van der Waals surface area contributed by atoms with Crippen molar-refractivity contribution in [2.24, 2.45) is 0 Å². The molecule has 37 heavy (non-hydrogen) atoms. The van der Waals surface area contributed by atoms with Crippen molar-refractivity contribution < 1.29 is 28.9 Å². The SMILES string of the molecule is N#C/C(=C\c1ccc2cc(N3CCCCC3)ccc2c1)C(=O)NCCOCCOCCOC(=O)CCO. The number of aliphatic hydroxyl groups excluding tert-OH is 1. The number of ether oxygens (including phenoxy) is 3. The van der Waals surface area contributed by atoms with Crippen LogP contribution < -0.4 is 10.2 Å². The molecule has 0 aromatic heterocycles. The van der Waals surface area contributed by atoms with E-state index in [9.17, 15) is 14.9 Å². The maximum atomic E-state index is 12.4. The number of hydrogen-bond acceptors (Lipinski definition) is 8. The summed E-state index contributed by atoms with van der Waals surface area (Å²) in [5.41, 5.74) is 2.06. The maximum Gasteiger partial charge on any atom is 0.308 e. The monoisotopic (exact) mass is 509 g/mol. The third-order valence-corrected chi connectivity index (χ3v) is 5.96. The van der Waals surface area contributed by atoms with E-state index in [-0.39, 0.29) is 45.0 Å². The number of amides is 1. The van der Waals surface area contributed by atoms with Gasteiger partial charge < -0.3 is 29.5 Å². The summed E-state index contributed by atoms with van der Waals surface area (Å²) in [6, 6.07) is 14.3. The summed E-state index contributed by atoms with van der Waals surface area (Å²) in [6.45, 7) is 3.47. The normalized spacial score (nSPS) is 13.8. The van der Waals surface area contributed by atoms with E-state index in [2.05, 4.69) is 28.4 Å². The molecule has 9 nitrogen and oxygen atoms in total. The van der Waals surface area contributed by atoms with Gasteiger partial charge in [-0.25, -0.2) is 0 Å². The van der Waals surface area contributed by atoms with Gasteiger partial charge in [0.1, 0.15) is 18.2 Å². The molecule has 0 bridgehead atoms. The zero-order chi connectivity index (χ0) is 26.3. The van der Waals surface area contributed by atoms with Gasteiger partial charge >= 0.3 is 5.97 Å². The van der Waals surface area contributed by atoms with E-state index in [1.807, 2.05) is 24.3 Å². The van der Waals surface area contributed by atoms with Gasteiger partial charge in [-0.3, -0.25) is 9.59 Å². The number of rotatable bonds is 14. The number of esters is 1. The molecule has 0 atom stereocenters. The van der Waals surface area contributed by atoms with E-state index in [0.717, 1.165) is 29.4 Å². The van der Waals surface area contributed by atoms with Crippen LogP contribution in [0, 0.1) is 11.3 Å². The number of carbonyl (C=O) groups excluding carboxylic acids is 2. The molecule has 1 heterocycles. The van der Waals surface area contributed by atoms with Crippen LogP contribution in [0.5, 0.6) is 0 Å². The molecule has 0 aliphatic carbocycles. The first-order valence-corrected chi connectivity index (χ1v) is 12.7. The van der Waals surface area contributed by atoms with E-state index < -0.39 is 11.9 Å². The lowest BCUT2D eigenvalue weighted by atomic mass is 10.0.